The van der Waals surface area contributed by atoms with Gasteiger partial charge in [0.15, 0.2) is 0 Å². The van der Waals surface area contributed by atoms with Gasteiger partial charge in [-0.05, 0) is 12.1 Å². The molecule has 0 saturated carbocycles. The third-order valence-corrected chi connectivity index (χ3v) is 2.33. The number of aromatic amines is 1. The summed E-state index contributed by atoms with van der Waals surface area (Å²) in [7, 11) is 0. The highest BCUT2D eigenvalue weighted by atomic mass is 79.9. The zero-order valence-electron chi connectivity index (χ0n) is 6.87. The summed E-state index contributed by atoms with van der Waals surface area (Å²) in [5, 5.41) is 0.797. The van der Waals surface area contributed by atoms with Crippen molar-refractivity contribution in [1.29, 1.82) is 0 Å². The van der Waals surface area contributed by atoms with E-state index in [9.17, 15) is 0 Å². The third-order valence-electron chi connectivity index (χ3n) is 1.73. The number of hydrogen-bond donors (Lipinski definition) is 1. The molecule has 0 radical (unpaired) electrons. The minimum atomic E-state index is 0.797. The minimum absolute atomic E-state index is 0.797. The first-order valence-electron chi connectivity index (χ1n) is 3.90. The van der Waals surface area contributed by atoms with E-state index in [1.165, 1.54) is 0 Å². The number of rotatable bonds is 2. The van der Waals surface area contributed by atoms with Gasteiger partial charge in [0.25, 0.3) is 0 Å². The Morgan fingerprint density at radius 3 is 2.69 bits per heavy atom. The molecule has 66 valence electrons. The molecule has 3 nitrogen and oxygen atoms in total. The van der Waals surface area contributed by atoms with Gasteiger partial charge in [-0.3, -0.25) is 4.98 Å². The molecule has 0 spiro atoms. The molecule has 0 aliphatic carbocycles. The summed E-state index contributed by atoms with van der Waals surface area (Å²) in [6, 6.07) is 3.85. The second-order valence-electron chi connectivity index (χ2n) is 2.63. The standard InChI is InChI=1S/C9H8BrN3/c10-5-8-6-12-9(13-8)7-1-3-11-4-2-7/h1-4,6H,5H2,(H,12,13). The van der Waals surface area contributed by atoms with Crippen LogP contribution in [0.15, 0.2) is 30.7 Å². The predicted octanol–water partition coefficient (Wildman–Crippen LogP) is 2.37. The van der Waals surface area contributed by atoms with Gasteiger partial charge in [-0.15, -0.1) is 0 Å². The summed E-state index contributed by atoms with van der Waals surface area (Å²) in [6.45, 7) is 0. The maximum Gasteiger partial charge on any atom is 0.137 e. The van der Waals surface area contributed by atoms with Crippen molar-refractivity contribution in [3.8, 4) is 11.4 Å². The molecule has 0 aliphatic rings. The van der Waals surface area contributed by atoms with E-state index in [4.69, 9.17) is 0 Å². The van der Waals surface area contributed by atoms with Crippen LogP contribution in [0.25, 0.3) is 11.4 Å². The normalized spacial score (nSPS) is 10.2. The summed E-state index contributed by atoms with van der Waals surface area (Å²) >= 11 is 3.36. The van der Waals surface area contributed by atoms with Crippen molar-refractivity contribution in [3.05, 3.63) is 36.4 Å². The van der Waals surface area contributed by atoms with Crippen LogP contribution in [0.1, 0.15) is 5.69 Å². The molecule has 0 amide bonds. The van der Waals surface area contributed by atoms with Crippen LogP contribution in [0, 0.1) is 0 Å². The summed E-state index contributed by atoms with van der Waals surface area (Å²) < 4.78 is 0. The van der Waals surface area contributed by atoms with E-state index in [0.717, 1.165) is 22.4 Å². The van der Waals surface area contributed by atoms with E-state index < -0.39 is 0 Å². The van der Waals surface area contributed by atoms with Crippen LogP contribution in [0.4, 0.5) is 0 Å². The Hall–Kier alpha value is -1.16. The first-order valence-corrected chi connectivity index (χ1v) is 5.02. The second-order valence-corrected chi connectivity index (χ2v) is 3.19. The fraction of sp³-hybridized carbons (Fsp3) is 0.111. The molecular formula is C9H8BrN3. The molecule has 13 heavy (non-hydrogen) atoms. The molecule has 2 heterocycles. The lowest BCUT2D eigenvalue weighted by Crippen LogP contribution is -1.81. The molecule has 0 aliphatic heterocycles. The number of H-pyrrole nitrogens is 1. The van der Waals surface area contributed by atoms with Crippen molar-refractivity contribution in [2.24, 2.45) is 0 Å². The lowest BCUT2D eigenvalue weighted by molar-refractivity contribution is 1.23. The zero-order chi connectivity index (χ0) is 9.10. The van der Waals surface area contributed by atoms with Crippen molar-refractivity contribution in [2.75, 3.05) is 0 Å². The lowest BCUT2D eigenvalue weighted by atomic mass is 10.2. The van der Waals surface area contributed by atoms with Gasteiger partial charge >= 0.3 is 0 Å². The Kier molecular flexibility index (Phi) is 2.40. The Morgan fingerprint density at radius 2 is 2.08 bits per heavy atom. The smallest absolute Gasteiger partial charge is 0.137 e. The number of alkyl halides is 1. The van der Waals surface area contributed by atoms with Crippen LogP contribution in [-0.2, 0) is 5.33 Å². The largest absolute Gasteiger partial charge is 0.341 e. The van der Waals surface area contributed by atoms with Crippen molar-refractivity contribution >= 4 is 15.9 Å². The highest BCUT2D eigenvalue weighted by Gasteiger charge is 2.00. The number of nitrogens with one attached hydrogen (secondary N) is 1. The Morgan fingerprint density at radius 1 is 1.31 bits per heavy atom. The number of halogens is 1. The van der Waals surface area contributed by atoms with Crippen LogP contribution in [-0.4, -0.2) is 15.0 Å². The van der Waals surface area contributed by atoms with E-state index in [1.807, 2.05) is 18.3 Å². The number of nitrogens with zero attached hydrogens (tertiary/aromatic N) is 2. The predicted molar refractivity (Wildman–Crippen MR) is 54.4 cm³/mol. The van der Waals surface area contributed by atoms with Gasteiger partial charge in [0.2, 0.25) is 0 Å². The minimum Gasteiger partial charge on any atom is -0.341 e. The van der Waals surface area contributed by atoms with Gasteiger partial charge in [-0.1, -0.05) is 15.9 Å². The monoisotopic (exact) mass is 237 g/mol. The molecule has 0 aromatic carbocycles. The summed E-state index contributed by atoms with van der Waals surface area (Å²) in [5.74, 6) is 0.886. The average molecular weight is 238 g/mol. The summed E-state index contributed by atoms with van der Waals surface area (Å²) in [4.78, 5) is 11.4. The maximum atomic E-state index is 4.24. The van der Waals surface area contributed by atoms with Crippen molar-refractivity contribution in [1.82, 2.24) is 15.0 Å². The van der Waals surface area contributed by atoms with E-state index in [0.29, 0.717) is 0 Å². The van der Waals surface area contributed by atoms with Crippen molar-refractivity contribution < 1.29 is 0 Å². The Balaban J connectivity index is 2.36. The molecule has 2 rings (SSSR count). The quantitative estimate of drug-likeness (QED) is 0.816. The van der Waals surface area contributed by atoms with Gasteiger partial charge in [-0.2, -0.15) is 0 Å². The first-order chi connectivity index (χ1) is 6.40. The number of hydrogen-bond acceptors (Lipinski definition) is 2. The van der Waals surface area contributed by atoms with Crippen molar-refractivity contribution in [2.45, 2.75) is 5.33 Å². The van der Waals surface area contributed by atoms with Crippen LogP contribution < -0.4 is 0 Å². The molecule has 0 unspecified atom stereocenters. The number of aromatic nitrogens is 3. The topological polar surface area (TPSA) is 41.6 Å². The van der Waals surface area contributed by atoms with Gasteiger partial charge in [0.1, 0.15) is 5.82 Å². The van der Waals surface area contributed by atoms with Gasteiger partial charge in [-0.25, -0.2) is 4.98 Å². The summed E-state index contributed by atoms with van der Waals surface area (Å²) in [5.41, 5.74) is 2.13. The van der Waals surface area contributed by atoms with Gasteiger partial charge in [0, 0.05) is 35.2 Å². The average Bonchev–Trinajstić information content (AvgIpc) is 2.67. The molecule has 1 N–H and O–H groups in total. The van der Waals surface area contributed by atoms with E-state index in [-0.39, 0.29) is 0 Å². The first kappa shape index (κ1) is 8.44. The Bertz CT molecular complexity index is 383. The molecule has 0 atom stereocenters. The molecule has 4 heteroatoms. The maximum absolute atomic E-state index is 4.24. The van der Waals surface area contributed by atoms with Crippen LogP contribution >= 0.6 is 15.9 Å². The van der Waals surface area contributed by atoms with Crippen molar-refractivity contribution in [3.63, 3.8) is 0 Å². The zero-order valence-corrected chi connectivity index (χ0v) is 8.45. The van der Waals surface area contributed by atoms with Crippen LogP contribution in [0.5, 0.6) is 0 Å². The van der Waals surface area contributed by atoms with Gasteiger partial charge in [0.05, 0.1) is 0 Å². The fourth-order valence-electron chi connectivity index (χ4n) is 1.08. The third kappa shape index (κ3) is 1.78. The molecule has 2 aromatic rings. The fourth-order valence-corrected chi connectivity index (χ4v) is 1.37. The van der Waals surface area contributed by atoms with E-state index >= 15 is 0 Å². The highest BCUT2D eigenvalue weighted by Crippen LogP contribution is 2.14. The summed E-state index contributed by atoms with van der Waals surface area (Å²) in [6.07, 6.45) is 5.34. The molecule has 2 aromatic heterocycles. The highest BCUT2D eigenvalue weighted by molar-refractivity contribution is 9.08. The molecule has 0 fully saturated rings. The van der Waals surface area contributed by atoms with E-state index in [1.54, 1.807) is 12.4 Å². The SMILES string of the molecule is BrCc1cnc(-c2ccncc2)[nH]1. The van der Waals surface area contributed by atoms with Crippen LogP contribution in [0.3, 0.4) is 0 Å². The van der Waals surface area contributed by atoms with E-state index in [2.05, 4.69) is 30.9 Å². The molecular weight excluding hydrogens is 230 g/mol. The molecule has 0 bridgehead atoms. The lowest BCUT2D eigenvalue weighted by Gasteiger charge is -1.93. The van der Waals surface area contributed by atoms with Crippen LogP contribution in [0.2, 0.25) is 0 Å². The molecule has 0 saturated heterocycles. The van der Waals surface area contributed by atoms with Gasteiger partial charge < -0.3 is 4.98 Å². The Labute approximate surface area is 84.4 Å². The number of imidazole rings is 1. The second kappa shape index (κ2) is 3.70. The number of pyridine rings is 1.